The van der Waals surface area contributed by atoms with Gasteiger partial charge in [-0.1, -0.05) is 41.2 Å². The molecule has 7 nitrogen and oxygen atoms in total. The van der Waals surface area contributed by atoms with Crippen molar-refractivity contribution in [1.82, 2.24) is 19.7 Å². The van der Waals surface area contributed by atoms with Gasteiger partial charge in [-0.3, -0.25) is 9.36 Å². The molecule has 5 rings (SSSR count). The monoisotopic (exact) mass is 488 g/mol. The van der Waals surface area contributed by atoms with E-state index >= 15 is 0 Å². The molecule has 0 spiro atoms. The van der Waals surface area contributed by atoms with Crippen LogP contribution in [0.15, 0.2) is 87.3 Å². The molecule has 0 aliphatic carbocycles. The van der Waals surface area contributed by atoms with E-state index in [0.717, 1.165) is 16.9 Å². The van der Waals surface area contributed by atoms with E-state index in [9.17, 15) is 9.18 Å². The minimum atomic E-state index is -0.327. The maximum Gasteiger partial charge on any atom is 0.262 e. The number of para-hydroxylation sites is 1. The van der Waals surface area contributed by atoms with Crippen molar-refractivity contribution in [3.05, 3.63) is 100 Å². The first-order chi connectivity index (χ1) is 17.1. The quantitative estimate of drug-likeness (QED) is 0.216. The topological polar surface area (TPSA) is 83.0 Å². The van der Waals surface area contributed by atoms with Crippen molar-refractivity contribution in [1.29, 1.82) is 0 Å². The van der Waals surface area contributed by atoms with Gasteiger partial charge in [-0.15, -0.1) is 0 Å². The van der Waals surface area contributed by atoms with Crippen LogP contribution in [0.5, 0.6) is 5.75 Å². The Balaban J connectivity index is 1.40. The lowest BCUT2D eigenvalue weighted by molar-refractivity contribution is 0.340. The summed E-state index contributed by atoms with van der Waals surface area (Å²) in [6, 6.07) is 20.7. The third kappa shape index (κ3) is 5.09. The lowest BCUT2D eigenvalue weighted by atomic mass is 10.2. The fourth-order valence-electron chi connectivity index (χ4n) is 3.59. The van der Waals surface area contributed by atoms with Gasteiger partial charge in [-0.2, -0.15) is 4.98 Å². The zero-order valence-electron chi connectivity index (χ0n) is 18.8. The van der Waals surface area contributed by atoms with Crippen LogP contribution in [0.4, 0.5) is 4.39 Å². The van der Waals surface area contributed by atoms with Gasteiger partial charge in [0, 0.05) is 5.56 Å². The Morgan fingerprint density at radius 3 is 2.54 bits per heavy atom. The Hall–Kier alpha value is -3.98. The summed E-state index contributed by atoms with van der Waals surface area (Å²) in [7, 11) is 0. The van der Waals surface area contributed by atoms with Crippen molar-refractivity contribution < 1.29 is 13.7 Å². The predicted molar refractivity (Wildman–Crippen MR) is 132 cm³/mol. The number of halogens is 1. The Morgan fingerprint density at radius 1 is 1.00 bits per heavy atom. The number of aromatic nitrogens is 4. The van der Waals surface area contributed by atoms with Crippen molar-refractivity contribution in [2.75, 3.05) is 6.61 Å². The maximum absolute atomic E-state index is 13.4. The number of ether oxygens (including phenoxy) is 1. The van der Waals surface area contributed by atoms with Crippen LogP contribution in [0, 0.1) is 5.82 Å². The molecule has 0 saturated heterocycles. The van der Waals surface area contributed by atoms with Crippen LogP contribution >= 0.6 is 11.8 Å². The van der Waals surface area contributed by atoms with E-state index in [1.807, 2.05) is 37.3 Å². The minimum absolute atomic E-state index is 0.164. The zero-order chi connectivity index (χ0) is 24.2. The first kappa shape index (κ1) is 22.8. The van der Waals surface area contributed by atoms with Gasteiger partial charge in [-0.25, -0.2) is 9.37 Å². The molecule has 9 heteroatoms. The molecule has 0 fully saturated rings. The summed E-state index contributed by atoms with van der Waals surface area (Å²) < 4.78 is 25.9. The summed E-state index contributed by atoms with van der Waals surface area (Å²) in [6.07, 6.45) is 0. The van der Waals surface area contributed by atoms with Gasteiger partial charge in [0.25, 0.3) is 5.56 Å². The van der Waals surface area contributed by atoms with Gasteiger partial charge in [0.1, 0.15) is 11.6 Å². The Bertz CT molecular complexity index is 1510. The molecule has 0 atom stereocenters. The Morgan fingerprint density at radius 2 is 1.77 bits per heavy atom. The highest BCUT2D eigenvalue weighted by atomic mass is 32.2. The van der Waals surface area contributed by atoms with Gasteiger partial charge in [0.2, 0.25) is 11.7 Å². The van der Waals surface area contributed by atoms with Gasteiger partial charge in [-0.05, 0) is 61.0 Å². The highest BCUT2D eigenvalue weighted by Crippen LogP contribution is 2.25. The van der Waals surface area contributed by atoms with E-state index in [-0.39, 0.29) is 17.9 Å². The zero-order valence-corrected chi connectivity index (χ0v) is 19.7. The van der Waals surface area contributed by atoms with Crippen molar-refractivity contribution in [3.8, 4) is 17.1 Å². The van der Waals surface area contributed by atoms with Crippen molar-refractivity contribution in [2.45, 2.75) is 24.4 Å². The summed E-state index contributed by atoms with van der Waals surface area (Å²) in [5, 5.41) is 5.11. The van der Waals surface area contributed by atoms with Crippen molar-refractivity contribution in [3.63, 3.8) is 0 Å². The lowest BCUT2D eigenvalue weighted by Gasteiger charge is -2.12. The van der Waals surface area contributed by atoms with Crippen LogP contribution in [0.3, 0.4) is 0 Å². The average Bonchev–Trinajstić information content (AvgIpc) is 3.36. The minimum Gasteiger partial charge on any atom is -0.494 e. The van der Waals surface area contributed by atoms with E-state index in [2.05, 4.69) is 10.1 Å². The number of fused-ring (bicyclic) bond motifs is 1. The predicted octanol–water partition coefficient (Wildman–Crippen LogP) is 5.32. The lowest BCUT2D eigenvalue weighted by Crippen LogP contribution is -2.24. The first-order valence-corrected chi connectivity index (χ1v) is 12.0. The van der Waals surface area contributed by atoms with E-state index in [0.29, 0.717) is 40.1 Å². The highest BCUT2D eigenvalue weighted by Gasteiger charge is 2.15. The Labute approximate surface area is 204 Å². The van der Waals surface area contributed by atoms with Gasteiger partial charge >= 0.3 is 0 Å². The molecule has 2 heterocycles. The Kier molecular flexibility index (Phi) is 6.58. The van der Waals surface area contributed by atoms with E-state index in [1.54, 1.807) is 34.9 Å². The third-order valence-corrected chi connectivity index (χ3v) is 6.26. The summed E-state index contributed by atoms with van der Waals surface area (Å²) >= 11 is 1.33. The molecule has 0 bridgehead atoms. The molecule has 0 radical (unpaired) electrons. The second-order valence-corrected chi connectivity index (χ2v) is 8.63. The molecule has 2 aromatic heterocycles. The summed E-state index contributed by atoms with van der Waals surface area (Å²) in [6.45, 7) is 2.79. The number of hydrogen-bond donors (Lipinski definition) is 0. The van der Waals surface area contributed by atoms with Crippen LogP contribution in [-0.4, -0.2) is 26.3 Å². The fraction of sp³-hybridized carbons (Fsp3) is 0.154. The van der Waals surface area contributed by atoms with Crippen LogP contribution in [0.25, 0.3) is 22.3 Å². The molecule has 35 heavy (non-hydrogen) atoms. The van der Waals surface area contributed by atoms with Crippen LogP contribution < -0.4 is 10.3 Å². The number of nitrogens with zero attached hydrogens (tertiary/aromatic N) is 4. The molecule has 3 aromatic carbocycles. The number of hydrogen-bond acceptors (Lipinski definition) is 7. The first-order valence-electron chi connectivity index (χ1n) is 11.0. The van der Waals surface area contributed by atoms with Gasteiger partial charge < -0.3 is 9.26 Å². The molecule has 0 unspecified atom stereocenters. The SMILES string of the molecule is CCOc1ccc(-c2noc(CSc3nc4ccccc4c(=O)n3Cc3ccc(F)cc3)n2)cc1. The summed E-state index contributed by atoms with van der Waals surface area (Å²) in [4.78, 5) is 22.5. The summed E-state index contributed by atoms with van der Waals surface area (Å²) in [5.74, 6) is 1.66. The fourth-order valence-corrected chi connectivity index (χ4v) is 4.43. The molecule has 0 saturated carbocycles. The van der Waals surface area contributed by atoms with E-state index in [1.165, 1.54) is 23.9 Å². The highest BCUT2D eigenvalue weighted by molar-refractivity contribution is 7.98. The second kappa shape index (κ2) is 10.1. The van der Waals surface area contributed by atoms with Gasteiger partial charge in [0.15, 0.2) is 5.16 Å². The van der Waals surface area contributed by atoms with Crippen LogP contribution in [-0.2, 0) is 12.3 Å². The summed E-state index contributed by atoms with van der Waals surface area (Å²) in [5.41, 5.74) is 2.05. The molecular formula is C26H21FN4O3S. The van der Waals surface area contributed by atoms with E-state index < -0.39 is 0 Å². The van der Waals surface area contributed by atoms with Gasteiger partial charge in [0.05, 0.1) is 29.8 Å². The maximum atomic E-state index is 13.4. The smallest absolute Gasteiger partial charge is 0.262 e. The molecular weight excluding hydrogens is 467 g/mol. The average molecular weight is 489 g/mol. The molecule has 0 amide bonds. The number of benzene rings is 3. The number of rotatable bonds is 8. The third-order valence-electron chi connectivity index (χ3n) is 5.30. The van der Waals surface area contributed by atoms with Crippen molar-refractivity contribution in [2.24, 2.45) is 0 Å². The standard InChI is InChI=1S/C26H21FN4O3S/c1-2-33-20-13-9-18(10-14-20)24-29-23(34-30-24)16-35-26-28-22-6-4-3-5-21(22)25(32)31(26)15-17-7-11-19(27)12-8-17/h3-14H,2,15-16H2,1H3. The van der Waals surface area contributed by atoms with Crippen LogP contribution in [0.2, 0.25) is 0 Å². The molecule has 176 valence electrons. The van der Waals surface area contributed by atoms with Crippen molar-refractivity contribution >= 4 is 22.7 Å². The second-order valence-electron chi connectivity index (χ2n) is 7.69. The molecule has 0 aliphatic rings. The van der Waals surface area contributed by atoms with Crippen LogP contribution in [0.1, 0.15) is 18.4 Å². The largest absolute Gasteiger partial charge is 0.494 e. The number of thioether (sulfide) groups is 1. The normalized spacial score (nSPS) is 11.1. The molecule has 0 aliphatic heterocycles. The molecule has 5 aromatic rings. The molecule has 0 N–H and O–H groups in total. The van der Waals surface area contributed by atoms with E-state index in [4.69, 9.17) is 14.2 Å².